The summed E-state index contributed by atoms with van der Waals surface area (Å²) in [6.07, 6.45) is 0.713. The maximum absolute atomic E-state index is 14.1. The molecule has 7 heteroatoms. The lowest BCUT2D eigenvalue weighted by Crippen LogP contribution is -2.67. The first-order valence-electron chi connectivity index (χ1n) is 13.8. The molecule has 41 heavy (non-hydrogen) atoms. The Bertz CT molecular complexity index is 1630. The Morgan fingerprint density at radius 1 is 1.05 bits per heavy atom. The van der Waals surface area contributed by atoms with Crippen LogP contribution in [-0.4, -0.2) is 43.4 Å². The van der Waals surface area contributed by atoms with Gasteiger partial charge in [0.2, 0.25) is 5.78 Å². The molecule has 0 amide bonds. The smallest absolute Gasteiger partial charge is 0.209 e. The van der Waals surface area contributed by atoms with Gasteiger partial charge in [-0.1, -0.05) is 69.9 Å². The van der Waals surface area contributed by atoms with Crippen LogP contribution in [0.4, 0.5) is 0 Å². The predicted octanol–water partition coefficient (Wildman–Crippen LogP) is 4.94. The van der Waals surface area contributed by atoms with Crippen molar-refractivity contribution >= 4 is 17.3 Å². The van der Waals surface area contributed by atoms with Crippen LogP contribution in [0.25, 0.3) is 0 Å². The normalized spacial score (nSPS) is 29.0. The zero-order valence-corrected chi connectivity index (χ0v) is 23.8. The van der Waals surface area contributed by atoms with Gasteiger partial charge in [0.15, 0.2) is 17.2 Å². The third-order valence-corrected chi connectivity index (χ3v) is 9.25. The fraction of sp³-hybridized carbons (Fsp3) is 0.382. The number of benzene rings is 2. The van der Waals surface area contributed by atoms with Crippen molar-refractivity contribution in [2.24, 2.45) is 22.7 Å². The largest absolute Gasteiger partial charge is 0.511 e. The lowest BCUT2D eigenvalue weighted by Gasteiger charge is -2.59. The van der Waals surface area contributed by atoms with Crippen LogP contribution in [0.15, 0.2) is 65.1 Å². The van der Waals surface area contributed by atoms with Gasteiger partial charge in [0.25, 0.3) is 0 Å². The van der Waals surface area contributed by atoms with Gasteiger partial charge in [-0.3, -0.25) is 14.4 Å². The Kier molecular flexibility index (Phi) is 6.55. The van der Waals surface area contributed by atoms with Crippen molar-refractivity contribution in [3.63, 3.8) is 0 Å². The number of carbonyl (C=O) groups excluding carboxylic acids is 3. The molecule has 0 spiro atoms. The molecule has 2 aromatic carbocycles. The van der Waals surface area contributed by atoms with Gasteiger partial charge in [0.1, 0.15) is 22.8 Å². The van der Waals surface area contributed by atoms with Gasteiger partial charge in [0, 0.05) is 34.3 Å². The molecule has 0 saturated heterocycles. The highest BCUT2D eigenvalue weighted by Gasteiger charge is 2.71. The van der Waals surface area contributed by atoms with Gasteiger partial charge in [-0.25, -0.2) is 0 Å². The van der Waals surface area contributed by atoms with E-state index in [2.05, 4.69) is 11.8 Å². The highest BCUT2D eigenvalue weighted by molar-refractivity contribution is 6.25. The van der Waals surface area contributed by atoms with Crippen molar-refractivity contribution < 1.29 is 34.8 Å². The van der Waals surface area contributed by atoms with Crippen molar-refractivity contribution in [1.29, 1.82) is 0 Å². The lowest BCUT2D eigenvalue weighted by atomic mass is 9.44. The van der Waals surface area contributed by atoms with Gasteiger partial charge < -0.3 is 20.4 Å². The standard InChI is InChI=1S/C34H34O7/c1-18(2)26-28(37)24(19(3)35)30(39)34(41)31(40)27-29(38)25-22(16-32(27,4)17-33(26,34)5)21(14-15-23(25)36)13-9-12-20-10-7-6-8-11-20/h6-8,10-11,14-15,18,26,36-37,40-41H,12,16-17H2,1-5H3/t26?,32-,33-,34+/m1/s1. The minimum Gasteiger partial charge on any atom is -0.511 e. The Morgan fingerprint density at radius 3 is 2.32 bits per heavy atom. The minimum absolute atomic E-state index is 0.0309. The number of Topliss-reactive ketones (excluding diaryl/α,β-unsaturated/α-hetero) is 3. The first-order valence-corrected chi connectivity index (χ1v) is 13.8. The number of hydrogen-bond donors (Lipinski definition) is 4. The van der Waals surface area contributed by atoms with E-state index in [-0.39, 0.29) is 35.6 Å². The number of allylic oxidation sites excluding steroid dienone is 2. The average Bonchev–Trinajstić information content (AvgIpc) is 2.87. The van der Waals surface area contributed by atoms with E-state index in [0.29, 0.717) is 17.5 Å². The summed E-state index contributed by atoms with van der Waals surface area (Å²) in [7, 11) is 0. The zero-order valence-electron chi connectivity index (χ0n) is 23.8. The molecular formula is C34H34O7. The summed E-state index contributed by atoms with van der Waals surface area (Å²) >= 11 is 0. The highest BCUT2D eigenvalue weighted by Crippen LogP contribution is 2.65. The zero-order chi connectivity index (χ0) is 30.1. The monoisotopic (exact) mass is 554 g/mol. The summed E-state index contributed by atoms with van der Waals surface area (Å²) in [5.41, 5.74) is -3.82. The number of aliphatic hydroxyl groups excluding tert-OH is 2. The molecule has 212 valence electrons. The number of fused-ring (bicyclic) bond motifs is 3. The molecule has 0 radical (unpaired) electrons. The van der Waals surface area contributed by atoms with Crippen LogP contribution in [0.5, 0.6) is 5.75 Å². The minimum atomic E-state index is -2.63. The van der Waals surface area contributed by atoms with E-state index in [1.54, 1.807) is 33.8 Å². The third kappa shape index (κ3) is 3.88. The summed E-state index contributed by atoms with van der Waals surface area (Å²) in [4.78, 5) is 40.3. The predicted molar refractivity (Wildman–Crippen MR) is 152 cm³/mol. The van der Waals surface area contributed by atoms with Crippen molar-refractivity contribution in [1.82, 2.24) is 0 Å². The first kappa shape index (κ1) is 28.4. The van der Waals surface area contributed by atoms with Crippen LogP contribution in [0.2, 0.25) is 0 Å². The molecule has 7 nitrogen and oxygen atoms in total. The summed E-state index contributed by atoms with van der Waals surface area (Å²) in [6.45, 7) is 8.12. The second-order valence-electron chi connectivity index (χ2n) is 12.4. The Morgan fingerprint density at radius 2 is 1.71 bits per heavy atom. The van der Waals surface area contributed by atoms with Crippen LogP contribution in [0.3, 0.4) is 0 Å². The maximum Gasteiger partial charge on any atom is 0.209 e. The van der Waals surface area contributed by atoms with Crippen LogP contribution in [0, 0.1) is 34.5 Å². The van der Waals surface area contributed by atoms with Gasteiger partial charge in [-0.05, 0) is 48.9 Å². The molecule has 2 aromatic rings. The summed E-state index contributed by atoms with van der Waals surface area (Å²) in [5.74, 6) is 0.993. The van der Waals surface area contributed by atoms with E-state index < -0.39 is 56.8 Å². The summed E-state index contributed by atoms with van der Waals surface area (Å²) in [5, 5.41) is 45.9. The fourth-order valence-electron chi connectivity index (χ4n) is 7.69. The molecule has 0 aromatic heterocycles. The molecule has 4 N–H and O–H groups in total. The number of aliphatic hydroxyl groups is 3. The summed E-state index contributed by atoms with van der Waals surface area (Å²) < 4.78 is 0. The second-order valence-corrected chi connectivity index (χ2v) is 12.4. The van der Waals surface area contributed by atoms with Crippen LogP contribution < -0.4 is 0 Å². The fourth-order valence-corrected chi connectivity index (χ4v) is 7.69. The number of phenols is 1. The molecule has 0 fully saturated rings. The second kappa shape index (κ2) is 9.46. The number of carbonyl (C=O) groups is 3. The quantitative estimate of drug-likeness (QED) is 0.312. The topological polar surface area (TPSA) is 132 Å². The molecule has 0 heterocycles. The number of hydrogen-bond acceptors (Lipinski definition) is 7. The van der Waals surface area contributed by atoms with E-state index in [0.717, 1.165) is 12.5 Å². The van der Waals surface area contributed by atoms with E-state index in [4.69, 9.17) is 0 Å². The SMILES string of the molecule is CC(=O)C1=C(O)C(C(C)C)[C@@]2(C)C[C@@]3(C)Cc4c(C#CCc5ccccc5)ccc(O)c4C(=O)C3=C(O)[C@@]2(O)C1=O. The molecule has 0 aliphatic heterocycles. The van der Waals surface area contributed by atoms with Crippen LogP contribution in [-0.2, 0) is 22.4 Å². The van der Waals surface area contributed by atoms with E-state index >= 15 is 0 Å². The lowest BCUT2D eigenvalue weighted by molar-refractivity contribution is -0.171. The highest BCUT2D eigenvalue weighted by atomic mass is 16.3. The van der Waals surface area contributed by atoms with E-state index in [1.165, 1.54) is 6.07 Å². The van der Waals surface area contributed by atoms with Crippen molar-refractivity contribution in [3.05, 3.63) is 87.4 Å². The van der Waals surface area contributed by atoms with E-state index in [1.807, 2.05) is 30.3 Å². The van der Waals surface area contributed by atoms with Crippen molar-refractivity contribution in [3.8, 4) is 17.6 Å². The Labute approximate surface area is 239 Å². The molecular weight excluding hydrogens is 520 g/mol. The average molecular weight is 555 g/mol. The van der Waals surface area contributed by atoms with E-state index in [9.17, 15) is 34.8 Å². The number of phenolic OH excluding ortho intramolecular Hbond substituents is 1. The van der Waals surface area contributed by atoms with Gasteiger partial charge in [-0.15, -0.1) is 0 Å². The number of rotatable bonds is 3. The van der Waals surface area contributed by atoms with Gasteiger partial charge >= 0.3 is 0 Å². The van der Waals surface area contributed by atoms with Crippen LogP contribution >= 0.6 is 0 Å². The van der Waals surface area contributed by atoms with Crippen molar-refractivity contribution in [2.45, 2.75) is 59.5 Å². The Balaban J connectivity index is 1.71. The van der Waals surface area contributed by atoms with Crippen molar-refractivity contribution in [2.75, 3.05) is 0 Å². The molecule has 0 bridgehead atoms. The molecule has 3 aliphatic rings. The van der Waals surface area contributed by atoms with Gasteiger partial charge in [-0.2, -0.15) is 0 Å². The molecule has 0 saturated carbocycles. The summed E-state index contributed by atoms with van der Waals surface area (Å²) in [6, 6.07) is 12.7. The van der Waals surface area contributed by atoms with Crippen LogP contribution in [0.1, 0.15) is 68.1 Å². The molecule has 4 atom stereocenters. The maximum atomic E-state index is 14.1. The first-order chi connectivity index (χ1) is 19.2. The Hall–Kier alpha value is -4.15. The molecule has 3 aliphatic carbocycles. The molecule has 5 rings (SSSR count). The van der Waals surface area contributed by atoms with Gasteiger partial charge in [0.05, 0.1) is 5.56 Å². The third-order valence-electron chi connectivity index (χ3n) is 9.25. The number of ketones is 3. The number of aromatic hydroxyl groups is 1. The molecule has 1 unspecified atom stereocenters.